The smallest absolute Gasteiger partial charge is 0.225 e. The highest BCUT2D eigenvalue weighted by Crippen LogP contribution is 2.19. The van der Waals surface area contributed by atoms with E-state index in [1.807, 2.05) is 13.8 Å². The molecule has 1 atom stereocenters. The SMILES string of the molecule is CC(C)N1C[C@@H](C(=O)NCc2ncc(Cl)cn2)CCC1=O. The fourth-order valence-corrected chi connectivity index (χ4v) is 2.42. The van der Waals surface area contributed by atoms with Crippen LogP contribution in [0.15, 0.2) is 12.4 Å². The second-order valence-corrected chi connectivity index (χ2v) is 5.85. The van der Waals surface area contributed by atoms with E-state index >= 15 is 0 Å². The molecule has 0 saturated carbocycles. The van der Waals surface area contributed by atoms with Gasteiger partial charge in [-0.25, -0.2) is 9.97 Å². The normalized spacial score (nSPS) is 19.0. The molecule has 1 N–H and O–H groups in total. The molecule has 0 bridgehead atoms. The lowest BCUT2D eigenvalue weighted by Gasteiger charge is -2.34. The number of nitrogens with one attached hydrogen (secondary N) is 1. The van der Waals surface area contributed by atoms with Crippen LogP contribution in [0.1, 0.15) is 32.5 Å². The van der Waals surface area contributed by atoms with Gasteiger partial charge in [0, 0.05) is 31.4 Å². The molecule has 0 radical (unpaired) electrons. The van der Waals surface area contributed by atoms with Crippen molar-refractivity contribution in [1.82, 2.24) is 20.2 Å². The van der Waals surface area contributed by atoms with Gasteiger partial charge in [0.1, 0.15) is 5.82 Å². The van der Waals surface area contributed by atoms with Crippen LogP contribution in [0.25, 0.3) is 0 Å². The van der Waals surface area contributed by atoms with E-state index in [2.05, 4.69) is 15.3 Å². The first-order chi connectivity index (χ1) is 9.97. The molecule has 1 saturated heterocycles. The van der Waals surface area contributed by atoms with Crippen LogP contribution < -0.4 is 5.32 Å². The van der Waals surface area contributed by atoms with Crippen LogP contribution in [-0.2, 0) is 16.1 Å². The summed E-state index contributed by atoms with van der Waals surface area (Å²) in [6, 6.07) is 0.118. The summed E-state index contributed by atoms with van der Waals surface area (Å²) in [7, 11) is 0. The monoisotopic (exact) mass is 310 g/mol. The zero-order valence-electron chi connectivity index (χ0n) is 12.2. The lowest BCUT2D eigenvalue weighted by Crippen LogP contribution is -2.48. The molecule has 2 rings (SSSR count). The van der Waals surface area contributed by atoms with Gasteiger partial charge in [-0.1, -0.05) is 11.6 Å². The second kappa shape index (κ2) is 6.85. The molecule has 2 amide bonds. The van der Waals surface area contributed by atoms with Crippen LogP contribution in [0.5, 0.6) is 0 Å². The molecular formula is C14H19ClN4O2. The van der Waals surface area contributed by atoms with Gasteiger partial charge < -0.3 is 10.2 Å². The van der Waals surface area contributed by atoms with Gasteiger partial charge in [0.05, 0.1) is 17.5 Å². The van der Waals surface area contributed by atoms with Crippen molar-refractivity contribution in [2.24, 2.45) is 5.92 Å². The van der Waals surface area contributed by atoms with Crippen molar-refractivity contribution in [2.75, 3.05) is 6.54 Å². The summed E-state index contributed by atoms with van der Waals surface area (Å²) in [5.41, 5.74) is 0. The number of nitrogens with zero attached hydrogens (tertiary/aromatic N) is 3. The van der Waals surface area contributed by atoms with Gasteiger partial charge in [-0.05, 0) is 20.3 Å². The third kappa shape index (κ3) is 4.14. The maximum atomic E-state index is 12.2. The van der Waals surface area contributed by atoms with Crippen LogP contribution >= 0.6 is 11.6 Å². The summed E-state index contributed by atoms with van der Waals surface area (Å²) in [6.07, 6.45) is 4.01. The molecule has 6 nitrogen and oxygen atoms in total. The third-order valence-electron chi connectivity index (χ3n) is 3.53. The molecule has 0 spiro atoms. The number of amides is 2. The Balaban J connectivity index is 1.88. The second-order valence-electron chi connectivity index (χ2n) is 5.41. The molecule has 0 aliphatic carbocycles. The molecule has 0 unspecified atom stereocenters. The van der Waals surface area contributed by atoms with Crippen LogP contribution in [0.2, 0.25) is 5.02 Å². The predicted molar refractivity (Wildman–Crippen MR) is 78.5 cm³/mol. The Morgan fingerprint density at radius 2 is 2.14 bits per heavy atom. The molecule has 1 aliphatic heterocycles. The molecule has 114 valence electrons. The quantitative estimate of drug-likeness (QED) is 0.912. The van der Waals surface area contributed by atoms with Gasteiger partial charge in [0.2, 0.25) is 11.8 Å². The van der Waals surface area contributed by atoms with Gasteiger partial charge in [-0.3, -0.25) is 9.59 Å². The Labute approximate surface area is 128 Å². The minimum Gasteiger partial charge on any atom is -0.349 e. The van der Waals surface area contributed by atoms with E-state index in [1.165, 1.54) is 12.4 Å². The molecule has 21 heavy (non-hydrogen) atoms. The molecular weight excluding hydrogens is 292 g/mol. The van der Waals surface area contributed by atoms with E-state index in [4.69, 9.17) is 11.6 Å². The van der Waals surface area contributed by atoms with Crippen molar-refractivity contribution in [3.63, 3.8) is 0 Å². The molecule has 1 fully saturated rings. The molecule has 1 aromatic heterocycles. The predicted octanol–water partition coefficient (Wildman–Crippen LogP) is 1.39. The average Bonchev–Trinajstić information content (AvgIpc) is 2.46. The van der Waals surface area contributed by atoms with Crippen LogP contribution in [0, 0.1) is 5.92 Å². The van der Waals surface area contributed by atoms with Gasteiger partial charge in [0.25, 0.3) is 0 Å². The number of hydrogen-bond donors (Lipinski definition) is 1. The topological polar surface area (TPSA) is 75.2 Å². The van der Waals surface area contributed by atoms with Crippen molar-refractivity contribution < 1.29 is 9.59 Å². The maximum Gasteiger partial charge on any atom is 0.225 e. The molecule has 0 aromatic carbocycles. The zero-order chi connectivity index (χ0) is 15.4. The summed E-state index contributed by atoms with van der Waals surface area (Å²) in [4.78, 5) is 33.8. The van der Waals surface area contributed by atoms with Gasteiger partial charge >= 0.3 is 0 Å². The van der Waals surface area contributed by atoms with Crippen LogP contribution in [-0.4, -0.2) is 39.3 Å². The Kier molecular flexibility index (Phi) is 5.12. The van der Waals surface area contributed by atoms with Crippen molar-refractivity contribution in [3.8, 4) is 0 Å². The third-order valence-corrected chi connectivity index (χ3v) is 3.73. The van der Waals surface area contributed by atoms with Crippen molar-refractivity contribution >= 4 is 23.4 Å². The summed E-state index contributed by atoms with van der Waals surface area (Å²) >= 11 is 5.71. The van der Waals surface area contributed by atoms with E-state index in [1.54, 1.807) is 4.90 Å². The van der Waals surface area contributed by atoms with E-state index in [9.17, 15) is 9.59 Å². The number of carbonyl (C=O) groups excluding carboxylic acids is 2. The molecule has 1 aromatic rings. The number of piperidine rings is 1. The number of hydrogen-bond acceptors (Lipinski definition) is 4. The van der Waals surface area contributed by atoms with Crippen molar-refractivity contribution in [1.29, 1.82) is 0 Å². The largest absolute Gasteiger partial charge is 0.349 e. The van der Waals surface area contributed by atoms with E-state index < -0.39 is 0 Å². The fourth-order valence-electron chi connectivity index (χ4n) is 2.33. The number of aromatic nitrogens is 2. The standard InChI is InChI=1S/C14H19ClN4O2/c1-9(2)19-8-10(3-4-13(19)20)14(21)18-7-12-16-5-11(15)6-17-12/h5-6,9-10H,3-4,7-8H2,1-2H3,(H,18,21)/t10-/m0/s1. The van der Waals surface area contributed by atoms with Crippen LogP contribution in [0.4, 0.5) is 0 Å². The van der Waals surface area contributed by atoms with Crippen molar-refractivity contribution in [2.45, 2.75) is 39.3 Å². The highest BCUT2D eigenvalue weighted by molar-refractivity contribution is 6.30. The number of carbonyl (C=O) groups is 2. The maximum absolute atomic E-state index is 12.2. The molecule has 7 heteroatoms. The molecule has 1 aliphatic rings. The van der Waals surface area contributed by atoms with Crippen LogP contribution in [0.3, 0.4) is 0 Å². The average molecular weight is 311 g/mol. The van der Waals surface area contributed by atoms with E-state index in [0.29, 0.717) is 30.2 Å². The number of rotatable bonds is 4. The highest BCUT2D eigenvalue weighted by atomic mass is 35.5. The minimum atomic E-state index is -0.169. The van der Waals surface area contributed by atoms with Gasteiger partial charge in [-0.2, -0.15) is 0 Å². The Morgan fingerprint density at radius 3 is 2.76 bits per heavy atom. The Bertz CT molecular complexity index is 518. The summed E-state index contributed by atoms with van der Waals surface area (Å²) in [5.74, 6) is 0.402. The first-order valence-corrected chi connectivity index (χ1v) is 7.38. The summed E-state index contributed by atoms with van der Waals surface area (Å²) < 4.78 is 0. The molecule has 2 heterocycles. The fraction of sp³-hybridized carbons (Fsp3) is 0.571. The van der Waals surface area contributed by atoms with Gasteiger partial charge in [-0.15, -0.1) is 0 Å². The lowest BCUT2D eigenvalue weighted by molar-refractivity contribution is -0.140. The first-order valence-electron chi connectivity index (χ1n) is 7.01. The summed E-state index contributed by atoms with van der Waals surface area (Å²) in [5, 5.41) is 3.28. The first kappa shape index (κ1) is 15.7. The number of likely N-dealkylation sites (tertiary alicyclic amines) is 1. The Morgan fingerprint density at radius 1 is 1.48 bits per heavy atom. The van der Waals surface area contributed by atoms with E-state index in [-0.39, 0.29) is 30.3 Å². The van der Waals surface area contributed by atoms with Crippen molar-refractivity contribution in [3.05, 3.63) is 23.2 Å². The number of halogens is 1. The highest BCUT2D eigenvalue weighted by Gasteiger charge is 2.31. The lowest BCUT2D eigenvalue weighted by atomic mass is 9.95. The Hall–Kier alpha value is -1.69. The minimum absolute atomic E-state index is 0.0632. The van der Waals surface area contributed by atoms with Gasteiger partial charge in [0.15, 0.2) is 0 Å². The van der Waals surface area contributed by atoms with E-state index in [0.717, 1.165) is 0 Å². The zero-order valence-corrected chi connectivity index (χ0v) is 12.9. The summed E-state index contributed by atoms with van der Waals surface area (Å²) in [6.45, 7) is 4.66.